The highest BCUT2D eigenvalue weighted by Gasteiger charge is 2.32. The second-order valence-corrected chi connectivity index (χ2v) is 6.63. The molecule has 0 radical (unpaired) electrons. The van der Waals surface area contributed by atoms with E-state index in [2.05, 4.69) is 22.1 Å². The Morgan fingerprint density at radius 1 is 1.65 bits per heavy atom. The molecular weight excluding hydrogens is 274 g/mol. The van der Waals surface area contributed by atoms with Crippen molar-refractivity contribution in [1.29, 1.82) is 0 Å². The van der Waals surface area contributed by atoms with Crippen LogP contribution in [0, 0.1) is 0 Å². The van der Waals surface area contributed by atoms with Crippen LogP contribution in [0.2, 0.25) is 0 Å². The molecule has 1 aromatic heterocycles. The third-order valence-electron chi connectivity index (χ3n) is 4.07. The second kappa shape index (κ2) is 6.10. The first-order chi connectivity index (χ1) is 9.45. The SMILES string of the molecule is CCN1CCCC1CNc1nc(C(C)(C)C(=O)O)cs1. The average Bonchev–Trinajstić information content (AvgIpc) is 3.05. The van der Waals surface area contributed by atoms with Crippen molar-refractivity contribution in [1.82, 2.24) is 9.88 Å². The van der Waals surface area contributed by atoms with Crippen molar-refractivity contribution in [2.24, 2.45) is 0 Å². The topological polar surface area (TPSA) is 65.5 Å². The molecule has 0 amide bonds. The van der Waals surface area contributed by atoms with Crippen molar-refractivity contribution in [3.05, 3.63) is 11.1 Å². The molecule has 0 spiro atoms. The van der Waals surface area contributed by atoms with E-state index in [1.54, 1.807) is 13.8 Å². The fraction of sp³-hybridized carbons (Fsp3) is 0.714. The number of hydrogen-bond donors (Lipinski definition) is 2. The normalized spacial score (nSPS) is 20.2. The van der Waals surface area contributed by atoms with E-state index in [4.69, 9.17) is 0 Å². The maximum atomic E-state index is 11.2. The monoisotopic (exact) mass is 297 g/mol. The maximum Gasteiger partial charge on any atom is 0.315 e. The highest BCUT2D eigenvalue weighted by atomic mass is 32.1. The Balaban J connectivity index is 1.95. The lowest BCUT2D eigenvalue weighted by Crippen LogP contribution is -2.34. The van der Waals surface area contributed by atoms with Gasteiger partial charge in [-0.2, -0.15) is 0 Å². The van der Waals surface area contributed by atoms with Crippen LogP contribution >= 0.6 is 11.3 Å². The summed E-state index contributed by atoms with van der Waals surface area (Å²) in [6, 6.07) is 0.569. The van der Waals surface area contributed by atoms with Crippen molar-refractivity contribution >= 4 is 22.4 Å². The summed E-state index contributed by atoms with van der Waals surface area (Å²) in [5.41, 5.74) is -0.310. The molecule has 20 heavy (non-hydrogen) atoms. The first-order valence-corrected chi connectivity index (χ1v) is 8.00. The van der Waals surface area contributed by atoms with Crippen LogP contribution in [0.5, 0.6) is 0 Å². The van der Waals surface area contributed by atoms with Gasteiger partial charge in [0.05, 0.1) is 5.69 Å². The van der Waals surface area contributed by atoms with E-state index in [9.17, 15) is 9.90 Å². The van der Waals surface area contributed by atoms with Crippen LogP contribution in [-0.2, 0) is 10.2 Å². The van der Waals surface area contributed by atoms with Gasteiger partial charge in [-0.1, -0.05) is 6.92 Å². The molecule has 1 fully saturated rings. The smallest absolute Gasteiger partial charge is 0.315 e. The molecule has 6 heteroatoms. The van der Waals surface area contributed by atoms with Crippen molar-refractivity contribution in [2.45, 2.75) is 45.1 Å². The lowest BCUT2D eigenvalue weighted by molar-refractivity contribution is -0.142. The maximum absolute atomic E-state index is 11.2. The van der Waals surface area contributed by atoms with Crippen LogP contribution in [0.1, 0.15) is 39.3 Å². The highest BCUT2D eigenvalue weighted by molar-refractivity contribution is 7.13. The molecule has 0 saturated carbocycles. The predicted molar refractivity (Wildman–Crippen MR) is 81.5 cm³/mol. The zero-order valence-electron chi connectivity index (χ0n) is 12.3. The summed E-state index contributed by atoms with van der Waals surface area (Å²) in [5, 5.41) is 15.2. The van der Waals surface area contributed by atoms with Crippen LogP contribution in [0.15, 0.2) is 5.38 Å². The summed E-state index contributed by atoms with van der Waals surface area (Å²) in [4.78, 5) is 18.1. The number of carbonyl (C=O) groups is 1. The number of aromatic nitrogens is 1. The van der Waals surface area contributed by atoms with Crippen LogP contribution in [-0.4, -0.2) is 46.6 Å². The van der Waals surface area contributed by atoms with Crippen molar-refractivity contribution < 1.29 is 9.90 Å². The molecule has 5 nitrogen and oxygen atoms in total. The van der Waals surface area contributed by atoms with Gasteiger partial charge in [-0.15, -0.1) is 11.3 Å². The van der Waals surface area contributed by atoms with Gasteiger partial charge in [0.15, 0.2) is 5.13 Å². The van der Waals surface area contributed by atoms with E-state index >= 15 is 0 Å². The quantitative estimate of drug-likeness (QED) is 0.844. The fourth-order valence-corrected chi connectivity index (χ4v) is 3.39. The van der Waals surface area contributed by atoms with Gasteiger partial charge in [0.25, 0.3) is 0 Å². The van der Waals surface area contributed by atoms with Crippen LogP contribution in [0.3, 0.4) is 0 Å². The number of nitrogens with zero attached hydrogens (tertiary/aromatic N) is 2. The van der Waals surface area contributed by atoms with Gasteiger partial charge < -0.3 is 10.4 Å². The molecule has 1 aliphatic rings. The Bertz CT molecular complexity index is 473. The molecule has 1 atom stereocenters. The molecule has 0 aromatic carbocycles. The molecule has 1 saturated heterocycles. The Morgan fingerprint density at radius 3 is 3.05 bits per heavy atom. The van der Waals surface area contributed by atoms with Crippen LogP contribution < -0.4 is 5.32 Å². The molecule has 2 heterocycles. The predicted octanol–water partition coefficient (Wildman–Crippen LogP) is 2.40. The lowest BCUT2D eigenvalue weighted by atomic mass is 9.90. The van der Waals surface area contributed by atoms with Gasteiger partial charge in [-0.05, 0) is 39.8 Å². The summed E-state index contributed by atoms with van der Waals surface area (Å²) in [6.07, 6.45) is 2.48. The standard InChI is InChI=1S/C14H23N3O2S/c1-4-17-7-5-6-10(17)8-15-13-16-11(9-20-13)14(2,3)12(18)19/h9-10H,4-8H2,1-3H3,(H,15,16)(H,18,19). The minimum atomic E-state index is -0.931. The minimum Gasteiger partial charge on any atom is -0.481 e. The zero-order chi connectivity index (χ0) is 14.8. The summed E-state index contributed by atoms with van der Waals surface area (Å²) in [5.74, 6) is -0.845. The molecular formula is C14H23N3O2S. The number of rotatable bonds is 6. The average molecular weight is 297 g/mol. The number of thiazole rings is 1. The van der Waals surface area contributed by atoms with Crippen LogP contribution in [0.25, 0.3) is 0 Å². The van der Waals surface area contributed by atoms with E-state index in [1.165, 1.54) is 30.7 Å². The molecule has 1 unspecified atom stereocenters. The number of likely N-dealkylation sites (N-methyl/N-ethyl adjacent to an activating group) is 1. The number of nitrogens with one attached hydrogen (secondary N) is 1. The largest absolute Gasteiger partial charge is 0.481 e. The Labute approximate surface area is 124 Å². The molecule has 1 aliphatic heterocycles. The summed E-state index contributed by atoms with van der Waals surface area (Å²) in [6.45, 7) is 8.71. The first kappa shape index (κ1) is 15.3. The number of anilines is 1. The van der Waals surface area contributed by atoms with Crippen molar-refractivity contribution in [3.8, 4) is 0 Å². The number of carboxylic acids is 1. The van der Waals surface area contributed by atoms with Gasteiger partial charge in [-0.25, -0.2) is 4.98 Å². The molecule has 0 bridgehead atoms. The third-order valence-corrected chi connectivity index (χ3v) is 4.87. The number of aliphatic carboxylic acids is 1. The number of likely N-dealkylation sites (tertiary alicyclic amines) is 1. The van der Waals surface area contributed by atoms with Gasteiger partial charge in [0.2, 0.25) is 0 Å². The molecule has 0 aliphatic carbocycles. The van der Waals surface area contributed by atoms with Crippen LogP contribution in [0.4, 0.5) is 5.13 Å². The van der Waals surface area contributed by atoms with Gasteiger partial charge in [0.1, 0.15) is 5.41 Å². The highest BCUT2D eigenvalue weighted by Crippen LogP contribution is 2.27. The Hall–Kier alpha value is -1.14. The van der Waals surface area contributed by atoms with Gasteiger partial charge >= 0.3 is 5.97 Å². The van der Waals surface area contributed by atoms with E-state index in [1.807, 2.05) is 5.38 Å². The number of carboxylic acid groups (broad SMARTS) is 1. The van der Waals surface area contributed by atoms with Gasteiger partial charge in [-0.3, -0.25) is 9.69 Å². The fourth-order valence-electron chi connectivity index (χ4n) is 2.50. The second-order valence-electron chi connectivity index (χ2n) is 5.77. The van der Waals surface area contributed by atoms with Crippen molar-refractivity contribution in [2.75, 3.05) is 25.0 Å². The summed E-state index contributed by atoms with van der Waals surface area (Å²) in [7, 11) is 0. The lowest BCUT2D eigenvalue weighted by Gasteiger charge is -2.22. The van der Waals surface area contributed by atoms with Crippen molar-refractivity contribution in [3.63, 3.8) is 0 Å². The Morgan fingerprint density at radius 2 is 2.40 bits per heavy atom. The van der Waals surface area contributed by atoms with Gasteiger partial charge in [0, 0.05) is 18.0 Å². The zero-order valence-corrected chi connectivity index (χ0v) is 13.2. The number of hydrogen-bond acceptors (Lipinski definition) is 5. The molecule has 2 rings (SSSR count). The summed E-state index contributed by atoms with van der Waals surface area (Å²) >= 11 is 1.48. The van der Waals surface area contributed by atoms with E-state index in [0.717, 1.165) is 18.2 Å². The van der Waals surface area contributed by atoms with E-state index in [-0.39, 0.29) is 0 Å². The molecule has 1 aromatic rings. The van der Waals surface area contributed by atoms with E-state index in [0.29, 0.717) is 11.7 Å². The minimum absolute atomic E-state index is 0.569. The third kappa shape index (κ3) is 3.12. The Kier molecular flexibility index (Phi) is 4.65. The molecule has 112 valence electrons. The summed E-state index contributed by atoms with van der Waals surface area (Å²) < 4.78 is 0. The van der Waals surface area contributed by atoms with E-state index < -0.39 is 11.4 Å². The first-order valence-electron chi connectivity index (χ1n) is 7.12. The molecule has 2 N–H and O–H groups in total.